The van der Waals surface area contributed by atoms with Gasteiger partial charge in [-0.15, -0.1) is 0 Å². The van der Waals surface area contributed by atoms with Crippen LogP contribution in [-0.2, 0) is 26.2 Å². The molecule has 8 nitrogen and oxygen atoms in total. The number of hydrogen-bond donors (Lipinski definition) is 2. The molecule has 1 fully saturated rings. The van der Waals surface area contributed by atoms with E-state index in [1.165, 1.54) is 28.6 Å². The van der Waals surface area contributed by atoms with Gasteiger partial charge in [-0.1, -0.05) is 25.1 Å². The minimum atomic E-state index is -3.57. The smallest absolute Gasteiger partial charge is 0.243 e. The molecule has 0 bridgehead atoms. The number of likely N-dealkylation sites (N-methyl/N-ethyl adjacent to an activating group) is 1. The van der Waals surface area contributed by atoms with Crippen LogP contribution in [0.15, 0.2) is 53.4 Å². The quantitative estimate of drug-likeness (QED) is 0.548. The highest BCUT2D eigenvalue weighted by Crippen LogP contribution is 2.23. The lowest BCUT2D eigenvalue weighted by Crippen LogP contribution is -2.40. The molecule has 1 aliphatic heterocycles. The zero-order valence-electron chi connectivity index (χ0n) is 18.6. The van der Waals surface area contributed by atoms with Crippen molar-refractivity contribution < 1.29 is 22.4 Å². The van der Waals surface area contributed by atoms with E-state index in [1.54, 1.807) is 29.2 Å². The molecule has 0 radical (unpaired) electrons. The lowest BCUT2D eigenvalue weighted by atomic mass is 10.2. The number of benzene rings is 2. The van der Waals surface area contributed by atoms with Crippen molar-refractivity contribution in [1.82, 2.24) is 14.5 Å². The van der Waals surface area contributed by atoms with Gasteiger partial charge in [0.15, 0.2) is 0 Å². The summed E-state index contributed by atoms with van der Waals surface area (Å²) in [5.74, 6) is -0.945. The summed E-state index contributed by atoms with van der Waals surface area (Å²) in [6.45, 7) is 3.59. The molecule has 2 N–H and O–H groups in total. The van der Waals surface area contributed by atoms with Crippen LogP contribution in [0.25, 0.3) is 0 Å². The largest absolute Gasteiger partial charge is 0.351 e. The molecule has 0 aromatic heterocycles. The highest BCUT2D eigenvalue weighted by molar-refractivity contribution is 7.89. The number of sulfonamides is 1. The number of nitrogens with one attached hydrogen (secondary N) is 2. The molecule has 1 aliphatic rings. The molecule has 1 saturated heterocycles. The maximum Gasteiger partial charge on any atom is 0.243 e. The first-order valence-electron chi connectivity index (χ1n) is 10.9. The number of carbonyl (C=O) groups is 2. The Hall–Kier alpha value is -2.82. The van der Waals surface area contributed by atoms with Gasteiger partial charge in [0.25, 0.3) is 0 Å². The predicted octanol–water partition coefficient (Wildman–Crippen LogP) is 2.19. The van der Waals surface area contributed by atoms with E-state index in [1.807, 2.05) is 6.92 Å². The molecule has 2 amide bonds. The Labute approximate surface area is 193 Å². The monoisotopic (exact) mass is 476 g/mol. The minimum Gasteiger partial charge on any atom is -0.351 e. The fourth-order valence-electron chi connectivity index (χ4n) is 3.56. The molecule has 1 heterocycles. The summed E-state index contributed by atoms with van der Waals surface area (Å²) in [4.78, 5) is 26.6. The van der Waals surface area contributed by atoms with Crippen molar-refractivity contribution in [2.75, 3.05) is 38.0 Å². The van der Waals surface area contributed by atoms with Gasteiger partial charge in [0.05, 0.1) is 18.0 Å². The van der Waals surface area contributed by atoms with E-state index >= 15 is 0 Å². The standard InChI is InChI=1S/C23H29FN4O4S/c1-2-27(16-22(29)25-15-18-8-10-19(24)11-9-18)17-23(30)26-20-6-5-7-21(14-20)33(31,32)28-12-3-4-13-28/h5-11,14H,2-4,12-13,15-17H2,1H3,(H,25,29)(H,26,30). The van der Waals surface area contributed by atoms with Gasteiger partial charge < -0.3 is 10.6 Å². The van der Waals surface area contributed by atoms with Gasteiger partial charge in [0.1, 0.15) is 5.82 Å². The van der Waals surface area contributed by atoms with Crippen LogP contribution in [0.2, 0.25) is 0 Å². The Morgan fingerprint density at radius 1 is 1.03 bits per heavy atom. The third kappa shape index (κ3) is 7.08. The lowest BCUT2D eigenvalue weighted by Gasteiger charge is -2.20. The first-order chi connectivity index (χ1) is 15.8. The summed E-state index contributed by atoms with van der Waals surface area (Å²) < 4.78 is 39.9. The van der Waals surface area contributed by atoms with Gasteiger partial charge in [-0.2, -0.15) is 4.31 Å². The molecule has 0 unspecified atom stereocenters. The van der Waals surface area contributed by atoms with Crippen molar-refractivity contribution >= 4 is 27.5 Å². The minimum absolute atomic E-state index is 0.0223. The molecule has 2 aromatic carbocycles. The Morgan fingerprint density at radius 3 is 2.36 bits per heavy atom. The maximum absolute atomic E-state index is 13.0. The van der Waals surface area contributed by atoms with Crippen LogP contribution in [0.5, 0.6) is 0 Å². The van der Waals surface area contributed by atoms with Crippen molar-refractivity contribution in [1.29, 1.82) is 0 Å². The first-order valence-corrected chi connectivity index (χ1v) is 12.4. The second kappa shape index (κ2) is 11.4. The molecule has 33 heavy (non-hydrogen) atoms. The fourth-order valence-corrected chi connectivity index (χ4v) is 5.12. The first kappa shape index (κ1) is 24.8. The average Bonchev–Trinajstić information content (AvgIpc) is 3.34. The third-order valence-electron chi connectivity index (χ3n) is 5.41. The van der Waals surface area contributed by atoms with Crippen molar-refractivity contribution in [2.45, 2.75) is 31.2 Å². The van der Waals surface area contributed by atoms with Crippen molar-refractivity contribution in [3.8, 4) is 0 Å². The summed E-state index contributed by atoms with van der Waals surface area (Å²) in [6, 6.07) is 12.1. The molecule has 0 aliphatic carbocycles. The molecule has 0 atom stereocenters. The SMILES string of the molecule is CCN(CC(=O)NCc1ccc(F)cc1)CC(=O)Nc1cccc(S(=O)(=O)N2CCCC2)c1. The highest BCUT2D eigenvalue weighted by atomic mass is 32.2. The van der Waals surface area contributed by atoms with E-state index in [4.69, 9.17) is 0 Å². The second-order valence-corrected chi connectivity index (χ2v) is 9.83. The number of hydrogen-bond acceptors (Lipinski definition) is 5. The lowest BCUT2D eigenvalue weighted by molar-refractivity contribution is -0.123. The van der Waals surface area contributed by atoms with Crippen LogP contribution in [0.1, 0.15) is 25.3 Å². The topological polar surface area (TPSA) is 98.8 Å². The number of nitrogens with zero attached hydrogens (tertiary/aromatic N) is 2. The zero-order chi connectivity index (χ0) is 23.8. The molecule has 178 valence electrons. The van der Waals surface area contributed by atoms with Gasteiger partial charge in [-0.05, 0) is 55.3 Å². The van der Waals surface area contributed by atoms with E-state index in [9.17, 15) is 22.4 Å². The molecule has 10 heteroatoms. The van der Waals surface area contributed by atoms with Crippen LogP contribution >= 0.6 is 0 Å². The van der Waals surface area contributed by atoms with Gasteiger partial charge in [-0.3, -0.25) is 14.5 Å². The van der Waals surface area contributed by atoms with Crippen LogP contribution in [0, 0.1) is 5.82 Å². The van der Waals surface area contributed by atoms with E-state index in [2.05, 4.69) is 10.6 Å². The maximum atomic E-state index is 13.0. The average molecular weight is 477 g/mol. The number of halogens is 1. The highest BCUT2D eigenvalue weighted by Gasteiger charge is 2.27. The molecule has 3 rings (SSSR count). The van der Waals surface area contributed by atoms with Gasteiger partial charge in [0.2, 0.25) is 21.8 Å². The second-order valence-electron chi connectivity index (χ2n) is 7.89. The van der Waals surface area contributed by atoms with E-state index in [0.717, 1.165) is 18.4 Å². The Morgan fingerprint density at radius 2 is 1.70 bits per heavy atom. The zero-order valence-corrected chi connectivity index (χ0v) is 19.4. The molecular weight excluding hydrogens is 447 g/mol. The fraction of sp³-hybridized carbons (Fsp3) is 0.391. The van der Waals surface area contributed by atoms with Crippen LogP contribution in [0.4, 0.5) is 10.1 Å². The Bertz CT molecular complexity index is 1070. The van der Waals surface area contributed by atoms with Gasteiger partial charge >= 0.3 is 0 Å². The molecule has 0 saturated carbocycles. The number of amides is 2. The summed E-state index contributed by atoms with van der Waals surface area (Å²) in [6.07, 6.45) is 1.69. The van der Waals surface area contributed by atoms with Crippen LogP contribution in [-0.4, -0.2) is 62.2 Å². The summed E-state index contributed by atoms with van der Waals surface area (Å²) in [5, 5.41) is 5.47. The van der Waals surface area contributed by atoms with Gasteiger partial charge in [0, 0.05) is 25.3 Å². The normalized spacial score (nSPS) is 14.4. The van der Waals surface area contributed by atoms with Crippen molar-refractivity contribution in [3.63, 3.8) is 0 Å². The van der Waals surface area contributed by atoms with Crippen LogP contribution < -0.4 is 10.6 Å². The van der Waals surface area contributed by atoms with Crippen molar-refractivity contribution in [2.24, 2.45) is 0 Å². The van der Waals surface area contributed by atoms with Crippen molar-refractivity contribution in [3.05, 3.63) is 59.9 Å². The summed E-state index contributed by atoms with van der Waals surface area (Å²) >= 11 is 0. The number of anilines is 1. The van der Waals surface area contributed by atoms with E-state index < -0.39 is 10.0 Å². The molecular formula is C23H29FN4O4S. The summed E-state index contributed by atoms with van der Waals surface area (Å²) in [7, 11) is -3.57. The Balaban J connectivity index is 1.52. The summed E-state index contributed by atoms with van der Waals surface area (Å²) in [5.41, 5.74) is 1.16. The Kier molecular flexibility index (Phi) is 8.54. The van der Waals surface area contributed by atoms with E-state index in [0.29, 0.717) is 25.3 Å². The molecule has 0 spiro atoms. The van der Waals surface area contributed by atoms with E-state index in [-0.39, 0.29) is 42.2 Å². The molecule has 2 aromatic rings. The van der Waals surface area contributed by atoms with Gasteiger partial charge in [-0.25, -0.2) is 12.8 Å². The number of rotatable bonds is 10. The third-order valence-corrected chi connectivity index (χ3v) is 7.30. The number of carbonyl (C=O) groups excluding carboxylic acids is 2. The van der Waals surface area contributed by atoms with Crippen LogP contribution in [0.3, 0.4) is 0 Å². The predicted molar refractivity (Wildman–Crippen MR) is 123 cm³/mol.